The molecule has 0 amide bonds. The monoisotopic (exact) mass is 263 g/mol. The molecule has 0 saturated carbocycles. The summed E-state index contributed by atoms with van der Waals surface area (Å²) in [6.45, 7) is 1.76. The van der Waals surface area contributed by atoms with E-state index in [1.165, 1.54) is 0 Å². The Labute approximate surface area is 107 Å². The fourth-order valence-electron chi connectivity index (χ4n) is 1.36. The second-order valence-electron chi connectivity index (χ2n) is 3.70. The molecular weight excluding hydrogens is 250 g/mol. The van der Waals surface area contributed by atoms with Crippen molar-refractivity contribution in [2.24, 2.45) is 0 Å². The molecule has 1 aromatic carbocycles. The first kappa shape index (κ1) is 14.2. The van der Waals surface area contributed by atoms with Gasteiger partial charge in [0.25, 0.3) is 0 Å². The summed E-state index contributed by atoms with van der Waals surface area (Å²) in [7, 11) is -3.61. The summed E-state index contributed by atoms with van der Waals surface area (Å²) in [6, 6.07) is 10.3. The molecule has 1 N–H and O–H groups in total. The number of nitrogens with one attached hydrogen (secondary N) is 1. The van der Waals surface area contributed by atoms with Crippen LogP contribution in [0, 0.1) is 22.7 Å². The van der Waals surface area contributed by atoms with E-state index in [-0.39, 0.29) is 13.0 Å². The normalized spacial score (nSPS) is 12.4. The van der Waals surface area contributed by atoms with Gasteiger partial charge in [-0.15, -0.1) is 0 Å². The van der Waals surface area contributed by atoms with Crippen molar-refractivity contribution in [3.8, 4) is 12.1 Å². The minimum Gasteiger partial charge on any atom is -0.211 e. The Morgan fingerprint density at radius 2 is 1.89 bits per heavy atom. The second-order valence-corrected chi connectivity index (χ2v) is 5.65. The minimum atomic E-state index is -3.61. The van der Waals surface area contributed by atoms with Crippen LogP contribution in [0.5, 0.6) is 0 Å². The highest BCUT2D eigenvalue weighted by Gasteiger charge is 2.22. The summed E-state index contributed by atoms with van der Waals surface area (Å²) in [5.74, 6) is 0. The van der Waals surface area contributed by atoms with Gasteiger partial charge in [-0.2, -0.15) is 10.5 Å². The van der Waals surface area contributed by atoms with E-state index in [0.717, 1.165) is 5.56 Å². The van der Waals surface area contributed by atoms with E-state index in [1.807, 2.05) is 6.07 Å². The van der Waals surface area contributed by atoms with Gasteiger partial charge in [-0.3, -0.25) is 0 Å². The molecule has 1 atom stereocenters. The molecule has 0 radical (unpaired) electrons. The van der Waals surface area contributed by atoms with Crippen LogP contribution in [0.4, 0.5) is 0 Å². The number of nitrogens with zero attached hydrogens (tertiary/aromatic N) is 2. The molecule has 0 aliphatic heterocycles. The van der Waals surface area contributed by atoms with E-state index < -0.39 is 15.3 Å². The summed E-state index contributed by atoms with van der Waals surface area (Å²) < 4.78 is 25.8. The molecule has 0 aliphatic carbocycles. The van der Waals surface area contributed by atoms with Crippen molar-refractivity contribution in [3.05, 3.63) is 35.4 Å². The summed E-state index contributed by atoms with van der Waals surface area (Å²) in [5, 5.41) is 16.3. The number of hydrogen-bond donors (Lipinski definition) is 1. The molecule has 5 nitrogen and oxygen atoms in total. The van der Waals surface area contributed by atoms with Crippen LogP contribution < -0.4 is 4.72 Å². The molecule has 1 unspecified atom stereocenters. The van der Waals surface area contributed by atoms with Crippen LogP contribution in [-0.2, 0) is 16.6 Å². The summed E-state index contributed by atoms with van der Waals surface area (Å²) in [4.78, 5) is 0. The molecule has 0 bridgehead atoms. The lowest BCUT2D eigenvalue weighted by molar-refractivity contribution is 0.572. The molecule has 94 valence electrons. The largest absolute Gasteiger partial charge is 0.228 e. The van der Waals surface area contributed by atoms with Gasteiger partial charge in [0.05, 0.1) is 17.7 Å². The maximum atomic E-state index is 11.7. The van der Waals surface area contributed by atoms with E-state index in [9.17, 15) is 8.42 Å². The van der Waals surface area contributed by atoms with Crippen molar-refractivity contribution in [1.29, 1.82) is 10.5 Å². The van der Waals surface area contributed by atoms with Crippen molar-refractivity contribution >= 4 is 10.0 Å². The predicted octanol–water partition coefficient (Wildman–Crippen LogP) is 1.28. The van der Waals surface area contributed by atoms with E-state index in [4.69, 9.17) is 10.5 Å². The lowest BCUT2D eigenvalue weighted by Gasteiger charge is -2.09. The highest BCUT2D eigenvalue weighted by atomic mass is 32.2. The number of rotatable bonds is 5. The average Bonchev–Trinajstić information content (AvgIpc) is 2.38. The number of sulfonamides is 1. The van der Waals surface area contributed by atoms with Crippen LogP contribution in [-0.4, -0.2) is 13.7 Å². The van der Waals surface area contributed by atoms with Crippen molar-refractivity contribution in [2.45, 2.75) is 25.1 Å². The van der Waals surface area contributed by atoms with Gasteiger partial charge in [0.15, 0.2) is 5.25 Å². The van der Waals surface area contributed by atoms with Crippen molar-refractivity contribution in [1.82, 2.24) is 4.72 Å². The van der Waals surface area contributed by atoms with E-state index in [1.54, 1.807) is 37.3 Å². The Balaban J connectivity index is 2.71. The second kappa shape index (κ2) is 6.15. The smallest absolute Gasteiger partial charge is 0.211 e. The molecule has 1 aromatic rings. The molecule has 0 heterocycles. The predicted molar refractivity (Wildman–Crippen MR) is 66.6 cm³/mol. The molecule has 0 fully saturated rings. The zero-order valence-electron chi connectivity index (χ0n) is 9.92. The van der Waals surface area contributed by atoms with Gasteiger partial charge >= 0.3 is 0 Å². The first-order valence-electron chi connectivity index (χ1n) is 5.40. The third-order valence-electron chi connectivity index (χ3n) is 2.45. The van der Waals surface area contributed by atoms with Gasteiger partial charge in [-0.25, -0.2) is 13.1 Å². The minimum absolute atomic E-state index is 0.117. The van der Waals surface area contributed by atoms with Crippen LogP contribution >= 0.6 is 0 Å². The molecule has 6 heteroatoms. The van der Waals surface area contributed by atoms with Crippen molar-refractivity contribution in [3.63, 3.8) is 0 Å². The topological polar surface area (TPSA) is 93.8 Å². The van der Waals surface area contributed by atoms with Crippen LogP contribution in [0.2, 0.25) is 0 Å². The van der Waals surface area contributed by atoms with Crippen LogP contribution in [0.1, 0.15) is 24.5 Å². The highest BCUT2D eigenvalue weighted by Crippen LogP contribution is 2.06. The quantitative estimate of drug-likeness (QED) is 0.865. The van der Waals surface area contributed by atoms with Crippen LogP contribution in [0.3, 0.4) is 0 Å². The summed E-state index contributed by atoms with van der Waals surface area (Å²) >= 11 is 0. The first-order valence-corrected chi connectivity index (χ1v) is 6.95. The Morgan fingerprint density at radius 3 is 2.33 bits per heavy atom. The Kier molecular flexibility index (Phi) is 4.85. The van der Waals surface area contributed by atoms with Gasteiger partial charge in [-0.05, 0) is 24.1 Å². The van der Waals surface area contributed by atoms with Gasteiger partial charge in [0.2, 0.25) is 10.0 Å². The first-order chi connectivity index (χ1) is 8.53. The third-order valence-corrected chi connectivity index (χ3v) is 4.18. The van der Waals surface area contributed by atoms with Crippen LogP contribution in [0.25, 0.3) is 0 Å². The molecule has 0 aliphatic rings. The Morgan fingerprint density at radius 1 is 1.28 bits per heavy atom. The van der Waals surface area contributed by atoms with Crippen molar-refractivity contribution < 1.29 is 8.42 Å². The van der Waals surface area contributed by atoms with Gasteiger partial charge in [0.1, 0.15) is 0 Å². The Hall–Kier alpha value is -1.89. The fraction of sp³-hybridized carbons (Fsp3) is 0.333. The van der Waals surface area contributed by atoms with E-state index in [0.29, 0.717) is 5.56 Å². The molecule has 0 spiro atoms. The van der Waals surface area contributed by atoms with Crippen LogP contribution in [0.15, 0.2) is 24.3 Å². The molecule has 0 aromatic heterocycles. The fourth-order valence-corrected chi connectivity index (χ4v) is 2.51. The number of nitriles is 2. The number of benzene rings is 1. The lowest BCUT2D eigenvalue weighted by atomic mass is 10.1. The SMILES string of the molecule is CCC(C#N)S(=O)(=O)NCc1ccc(C#N)cc1. The van der Waals surface area contributed by atoms with Gasteiger partial charge in [-0.1, -0.05) is 19.1 Å². The summed E-state index contributed by atoms with van der Waals surface area (Å²) in [5.41, 5.74) is 1.26. The van der Waals surface area contributed by atoms with E-state index >= 15 is 0 Å². The highest BCUT2D eigenvalue weighted by molar-refractivity contribution is 7.90. The standard InChI is InChI=1S/C12H13N3O2S/c1-2-12(8-14)18(16,17)15-9-11-5-3-10(7-13)4-6-11/h3-6,12,15H,2,9H2,1H3. The Bertz CT molecular complexity index is 579. The maximum absolute atomic E-state index is 11.7. The third kappa shape index (κ3) is 3.56. The molecule has 18 heavy (non-hydrogen) atoms. The lowest BCUT2D eigenvalue weighted by Crippen LogP contribution is -2.32. The zero-order chi connectivity index (χ0) is 13.6. The molecular formula is C12H13N3O2S. The molecule has 1 rings (SSSR count). The maximum Gasteiger partial charge on any atom is 0.228 e. The van der Waals surface area contributed by atoms with E-state index in [2.05, 4.69) is 4.72 Å². The zero-order valence-corrected chi connectivity index (χ0v) is 10.7. The molecule has 0 saturated heterocycles. The summed E-state index contributed by atoms with van der Waals surface area (Å²) in [6.07, 6.45) is 0.249. The average molecular weight is 263 g/mol. The van der Waals surface area contributed by atoms with Gasteiger partial charge < -0.3 is 0 Å². The van der Waals surface area contributed by atoms with Gasteiger partial charge in [0, 0.05) is 6.54 Å². The number of hydrogen-bond acceptors (Lipinski definition) is 4. The van der Waals surface area contributed by atoms with Crippen molar-refractivity contribution in [2.75, 3.05) is 0 Å².